The Bertz CT molecular complexity index is 434. The van der Waals surface area contributed by atoms with Crippen LogP contribution in [0.3, 0.4) is 0 Å². The minimum absolute atomic E-state index is 0.184. The van der Waals surface area contributed by atoms with E-state index in [0.717, 1.165) is 10.0 Å². The Morgan fingerprint density at radius 3 is 2.58 bits per heavy atom. The van der Waals surface area contributed by atoms with Crippen LogP contribution in [0.5, 0.6) is 0 Å². The predicted molar refractivity (Wildman–Crippen MR) is 81.0 cm³/mol. The van der Waals surface area contributed by atoms with E-state index in [1.807, 2.05) is 52.0 Å². The predicted octanol–water partition coefficient (Wildman–Crippen LogP) is 3.62. The van der Waals surface area contributed by atoms with Gasteiger partial charge in [-0.05, 0) is 44.9 Å². The number of rotatable bonds is 6. The van der Waals surface area contributed by atoms with Gasteiger partial charge in [-0.3, -0.25) is 5.32 Å². The lowest BCUT2D eigenvalue weighted by Crippen LogP contribution is -2.52. The lowest BCUT2D eigenvalue weighted by atomic mass is 9.86. The number of benzene rings is 1. The minimum Gasteiger partial charge on any atom is -0.464 e. The van der Waals surface area contributed by atoms with Crippen molar-refractivity contribution in [2.45, 2.75) is 45.7 Å². The quantitative estimate of drug-likeness (QED) is 0.811. The fourth-order valence-corrected chi connectivity index (χ4v) is 2.61. The number of ether oxygens (including phenoxy) is 1. The molecule has 1 unspecified atom stereocenters. The lowest BCUT2D eigenvalue weighted by Gasteiger charge is -2.34. The zero-order valence-electron chi connectivity index (χ0n) is 12.0. The Balaban J connectivity index is 3.26. The highest BCUT2D eigenvalue weighted by molar-refractivity contribution is 9.10. The topological polar surface area (TPSA) is 38.3 Å². The van der Waals surface area contributed by atoms with Gasteiger partial charge in [-0.2, -0.15) is 0 Å². The molecule has 0 aliphatic heterocycles. The maximum atomic E-state index is 12.4. The Morgan fingerprint density at radius 2 is 2.11 bits per heavy atom. The van der Waals surface area contributed by atoms with Gasteiger partial charge in [-0.1, -0.05) is 35.0 Å². The third-order valence-electron chi connectivity index (χ3n) is 3.01. The van der Waals surface area contributed by atoms with E-state index in [1.165, 1.54) is 0 Å². The first kappa shape index (κ1) is 16.2. The third-order valence-corrected chi connectivity index (χ3v) is 3.50. The summed E-state index contributed by atoms with van der Waals surface area (Å²) in [6.07, 6.45) is 0.639. The van der Waals surface area contributed by atoms with Crippen LogP contribution in [0.15, 0.2) is 28.7 Å². The summed E-state index contributed by atoms with van der Waals surface area (Å²) in [6.45, 7) is 8.26. The number of nitrogens with one attached hydrogen (secondary N) is 1. The molecule has 0 saturated heterocycles. The van der Waals surface area contributed by atoms with Crippen molar-refractivity contribution >= 4 is 21.9 Å². The lowest BCUT2D eigenvalue weighted by molar-refractivity contribution is -0.152. The molecule has 1 aromatic carbocycles. The monoisotopic (exact) mass is 327 g/mol. The molecule has 0 aromatic heterocycles. The molecule has 1 aromatic rings. The van der Waals surface area contributed by atoms with Crippen LogP contribution >= 0.6 is 15.9 Å². The molecule has 0 aliphatic rings. The van der Waals surface area contributed by atoms with Gasteiger partial charge in [-0.15, -0.1) is 0 Å². The van der Waals surface area contributed by atoms with Gasteiger partial charge in [-0.25, -0.2) is 4.79 Å². The zero-order valence-corrected chi connectivity index (χ0v) is 13.6. The summed E-state index contributed by atoms with van der Waals surface area (Å²) in [6, 6.07) is 8.00. The van der Waals surface area contributed by atoms with Crippen molar-refractivity contribution in [1.82, 2.24) is 5.32 Å². The fraction of sp³-hybridized carbons (Fsp3) is 0.533. The fourth-order valence-electron chi connectivity index (χ4n) is 2.21. The van der Waals surface area contributed by atoms with Gasteiger partial charge in [0.15, 0.2) is 0 Å². The van der Waals surface area contributed by atoms with Gasteiger partial charge >= 0.3 is 5.97 Å². The molecule has 1 atom stereocenters. The van der Waals surface area contributed by atoms with Gasteiger partial charge in [0.1, 0.15) is 5.54 Å². The van der Waals surface area contributed by atoms with Crippen molar-refractivity contribution in [1.29, 1.82) is 0 Å². The van der Waals surface area contributed by atoms with E-state index < -0.39 is 5.54 Å². The third kappa shape index (κ3) is 3.80. The molecule has 3 nitrogen and oxygen atoms in total. The van der Waals surface area contributed by atoms with E-state index in [4.69, 9.17) is 4.74 Å². The van der Waals surface area contributed by atoms with Crippen molar-refractivity contribution in [3.8, 4) is 0 Å². The molecule has 4 heteroatoms. The maximum Gasteiger partial charge on any atom is 0.330 e. The molecule has 0 fully saturated rings. The second-order valence-electron chi connectivity index (χ2n) is 4.79. The number of hydrogen-bond acceptors (Lipinski definition) is 3. The number of halogens is 1. The molecular weight excluding hydrogens is 306 g/mol. The van der Waals surface area contributed by atoms with Crippen LogP contribution in [0.2, 0.25) is 0 Å². The van der Waals surface area contributed by atoms with Crippen LogP contribution in [0.25, 0.3) is 0 Å². The molecule has 1 N–H and O–H groups in total. The standard InChI is InChI=1S/C15H22BrNO2/c1-5-15(17-11(3)4,14(18)19-6-2)12-8-7-9-13(16)10-12/h7-11,17H,5-6H2,1-4H3. The molecular formula is C15H22BrNO2. The second-order valence-corrected chi connectivity index (χ2v) is 5.70. The molecule has 0 heterocycles. The largest absolute Gasteiger partial charge is 0.464 e. The molecule has 106 valence electrons. The van der Waals surface area contributed by atoms with Crippen LogP contribution in [0, 0.1) is 0 Å². The van der Waals surface area contributed by atoms with E-state index in [1.54, 1.807) is 0 Å². The van der Waals surface area contributed by atoms with Crippen molar-refractivity contribution < 1.29 is 9.53 Å². The van der Waals surface area contributed by atoms with E-state index in [9.17, 15) is 4.79 Å². The van der Waals surface area contributed by atoms with Gasteiger partial charge in [0.05, 0.1) is 6.61 Å². The Kier molecular flexibility index (Phi) is 6.01. The maximum absolute atomic E-state index is 12.4. The molecule has 0 bridgehead atoms. The normalized spacial score (nSPS) is 14.2. The number of carbonyl (C=O) groups excluding carboxylic acids is 1. The molecule has 0 saturated carbocycles. The summed E-state index contributed by atoms with van der Waals surface area (Å²) < 4.78 is 6.23. The first-order valence-electron chi connectivity index (χ1n) is 6.67. The van der Waals surface area contributed by atoms with Gasteiger partial charge < -0.3 is 4.74 Å². The van der Waals surface area contributed by atoms with E-state index in [2.05, 4.69) is 21.2 Å². The van der Waals surface area contributed by atoms with E-state index >= 15 is 0 Å². The minimum atomic E-state index is -0.784. The Morgan fingerprint density at radius 1 is 1.42 bits per heavy atom. The first-order chi connectivity index (χ1) is 8.96. The van der Waals surface area contributed by atoms with E-state index in [-0.39, 0.29) is 12.0 Å². The molecule has 0 spiro atoms. The Hall–Kier alpha value is -0.870. The smallest absolute Gasteiger partial charge is 0.330 e. The highest BCUT2D eigenvalue weighted by atomic mass is 79.9. The van der Waals surface area contributed by atoms with Crippen molar-refractivity contribution in [3.63, 3.8) is 0 Å². The van der Waals surface area contributed by atoms with Crippen molar-refractivity contribution in [2.24, 2.45) is 0 Å². The van der Waals surface area contributed by atoms with Crippen molar-refractivity contribution in [3.05, 3.63) is 34.3 Å². The van der Waals surface area contributed by atoms with Gasteiger partial charge in [0.2, 0.25) is 0 Å². The average molecular weight is 328 g/mol. The number of hydrogen-bond donors (Lipinski definition) is 1. The molecule has 1 rings (SSSR count). The van der Waals surface area contributed by atoms with Gasteiger partial charge in [0, 0.05) is 10.5 Å². The molecule has 0 aliphatic carbocycles. The molecule has 0 radical (unpaired) electrons. The highest BCUT2D eigenvalue weighted by Crippen LogP contribution is 2.29. The number of esters is 1. The summed E-state index contributed by atoms with van der Waals surface area (Å²) in [7, 11) is 0. The molecule has 0 amide bonds. The molecule has 19 heavy (non-hydrogen) atoms. The van der Waals surface area contributed by atoms with Crippen LogP contribution in [0.1, 0.15) is 39.7 Å². The van der Waals surface area contributed by atoms with Crippen LogP contribution in [-0.2, 0) is 15.1 Å². The summed E-state index contributed by atoms with van der Waals surface area (Å²) in [5, 5.41) is 3.38. The highest BCUT2D eigenvalue weighted by Gasteiger charge is 2.40. The first-order valence-corrected chi connectivity index (χ1v) is 7.46. The summed E-state index contributed by atoms with van der Waals surface area (Å²) >= 11 is 3.46. The van der Waals surface area contributed by atoms with E-state index in [0.29, 0.717) is 13.0 Å². The summed E-state index contributed by atoms with van der Waals surface area (Å²) in [5.41, 5.74) is 0.144. The summed E-state index contributed by atoms with van der Waals surface area (Å²) in [5.74, 6) is -0.218. The second kappa shape index (κ2) is 7.06. The number of carbonyl (C=O) groups is 1. The average Bonchev–Trinajstić information content (AvgIpc) is 2.36. The van der Waals surface area contributed by atoms with Crippen LogP contribution in [-0.4, -0.2) is 18.6 Å². The van der Waals surface area contributed by atoms with Crippen LogP contribution < -0.4 is 5.32 Å². The Labute approximate surface area is 123 Å². The summed E-state index contributed by atoms with van der Waals surface area (Å²) in [4.78, 5) is 12.4. The zero-order chi connectivity index (χ0) is 14.5. The van der Waals surface area contributed by atoms with Crippen molar-refractivity contribution in [2.75, 3.05) is 6.61 Å². The SMILES string of the molecule is CCOC(=O)C(CC)(NC(C)C)c1cccc(Br)c1. The van der Waals surface area contributed by atoms with Gasteiger partial charge in [0.25, 0.3) is 0 Å². The van der Waals surface area contributed by atoms with Crippen LogP contribution in [0.4, 0.5) is 0 Å².